The van der Waals surface area contributed by atoms with E-state index in [1.807, 2.05) is 23.1 Å². The Labute approximate surface area is 190 Å². The minimum Gasteiger partial charge on any atom is -0.353 e. The number of likely N-dealkylation sites (tertiary alicyclic amines) is 1. The van der Waals surface area contributed by atoms with Gasteiger partial charge in [-0.05, 0) is 47.6 Å². The van der Waals surface area contributed by atoms with E-state index in [-0.39, 0.29) is 17.6 Å². The molecule has 0 bridgehead atoms. The lowest BCUT2D eigenvalue weighted by atomic mass is 9.76. The van der Waals surface area contributed by atoms with Crippen LogP contribution in [0.2, 0.25) is 0 Å². The van der Waals surface area contributed by atoms with Crippen LogP contribution in [-0.4, -0.2) is 36.9 Å². The number of hydrogen-bond donors (Lipinski definition) is 0. The van der Waals surface area contributed by atoms with Crippen LogP contribution >= 0.6 is 0 Å². The molecule has 2 saturated heterocycles. The van der Waals surface area contributed by atoms with Gasteiger partial charge in [0, 0.05) is 31.5 Å². The first-order valence-corrected chi connectivity index (χ1v) is 11.8. The van der Waals surface area contributed by atoms with Gasteiger partial charge in [0.1, 0.15) is 0 Å². The van der Waals surface area contributed by atoms with E-state index in [1.165, 1.54) is 21.9 Å². The Bertz CT molecular complexity index is 1060. The summed E-state index contributed by atoms with van der Waals surface area (Å²) < 4.78 is 11.9. The molecule has 3 aromatic carbocycles. The average Bonchev–Trinajstić information content (AvgIpc) is 3.16. The second-order valence-electron chi connectivity index (χ2n) is 9.17. The van der Waals surface area contributed by atoms with Gasteiger partial charge < -0.3 is 14.4 Å². The van der Waals surface area contributed by atoms with Crippen LogP contribution in [0.5, 0.6) is 0 Å². The van der Waals surface area contributed by atoms with Crippen LogP contribution in [0.3, 0.4) is 0 Å². The molecule has 2 aliphatic heterocycles. The van der Waals surface area contributed by atoms with Gasteiger partial charge in [-0.15, -0.1) is 0 Å². The fraction of sp³-hybridized carbons (Fsp3) is 0.393. The lowest BCUT2D eigenvalue weighted by Crippen LogP contribution is -2.33. The third-order valence-electron chi connectivity index (χ3n) is 6.94. The van der Waals surface area contributed by atoms with E-state index in [1.54, 1.807) is 0 Å². The number of fused-ring (bicyclic) bond motifs is 1. The van der Waals surface area contributed by atoms with Crippen molar-refractivity contribution in [3.63, 3.8) is 0 Å². The van der Waals surface area contributed by atoms with Gasteiger partial charge >= 0.3 is 0 Å². The summed E-state index contributed by atoms with van der Waals surface area (Å²) in [6.07, 6.45) is 4.46. The molecule has 0 N–H and O–H groups in total. The van der Waals surface area contributed by atoms with Gasteiger partial charge in [0.05, 0.1) is 6.61 Å². The van der Waals surface area contributed by atoms with E-state index in [4.69, 9.17) is 9.47 Å². The quantitative estimate of drug-likeness (QED) is 0.502. The van der Waals surface area contributed by atoms with Gasteiger partial charge in [-0.25, -0.2) is 0 Å². The Hall–Kier alpha value is -2.69. The Balaban J connectivity index is 1.39. The number of benzene rings is 3. The Morgan fingerprint density at radius 3 is 2.59 bits per heavy atom. The summed E-state index contributed by atoms with van der Waals surface area (Å²) in [6, 6.07) is 25.3. The van der Waals surface area contributed by atoms with Gasteiger partial charge in [0.2, 0.25) is 5.91 Å². The normalized spacial score (nSPS) is 23.7. The highest BCUT2D eigenvalue weighted by Crippen LogP contribution is 2.40. The van der Waals surface area contributed by atoms with Crippen LogP contribution in [0.1, 0.15) is 43.2 Å². The molecule has 2 aliphatic rings. The summed E-state index contributed by atoms with van der Waals surface area (Å²) in [5, 5.41) is 2.44. The number of nitrogens with zero attached hydrogens (tertiary/aromatic N) is 1. The highest BCUT2D eigenvalue weighted by Gasteiger charge is 2.44. The predicted molar refractivity (Wildman–Crippen MR) is 126 cm³/mol. The minimum atomic E-state index is -0.245. The summed E-state index contributed by atoms with van der Waals surface area (Å²) in [5.41, 5.74) is 2.15. The van der Waals surface area contributed by atoms with E-state index < -0.39 is 0 Å². The highest BCUT2D eigenvalue weighted by atomic mass is 16.7. The van der Waals surface area contributed by atoms with Crippen molar-refractivity contribution in [1.82, 2.24) is 4.90 Å². The van der Waals surface area contributed by atoms with Crippen molar-refractivity contribution in [2.24, 2.45) is 0 Å². The molecule has 2 fully saturated rings. The van der Waals surface area contributed by atoms with Crippen molar-refractivity contribution in [2.45, 2.75) is 50.4 Å². The fourth-order valence-electron chi connectivity index (χ4n) is 5.11. The summed E-state index contributed by atoms with van der Waals surface area (Å²) >= 11 is 0. The van der Waals surface area contributed by atoms with Crippen LogP contribution in [0.4, 0.5) is 0 Å². The molecule has 1 amide bonds. The maximum absolute atomic E-state index is 13.2. The molecule has 166 valence electrons. The van der Waals surface area contributed by atoms with Gasteiger partial charge in [-0.1, -0.05) is 72.8 Å². The first-order chi connectivity index (χ1) is 15.7. The van der Waals surface area contributed by atoms with Crippen molar-refractivity contribution in [3.8, 4) is 0 Å². The number of ether oxygens (including phenoxy) is 2. The number of amides is 1. The molecule has 0 aliphatic carbocycles. The topological polar surface area (TPSA) is 38.8 Å². The molecule has 4 heteroatoms. The van der Waals surface area contributed by atoms with Crippen molar-refractivity contribution in [2.75, 3.05) is 19.8 Å². The lowest BCUT2D eigenvalue weighted by molar-refractivity contribution is -0.164. The second-order valence-corrected chi connectivity index (χ2v) is 9.17. The van der Waals surface area contributed by atoms with Crippen LogP contribution < -0.4 is 0 Å². The summed E-state index contributed by atoms with van der Waals surface area (Å²) in [6.45, 7) is 2.75. The molecule has 4 nitrogen and oxygen atoms in total. The Morgan fingerprint density at radius 2 is 1.78 bits per heavy atom. The van der Waals surface area contributed by atoms with E-state index in [0.717, 1.165) is 32.3 Å². The van der Waals surface area contributed by atoms with Crippen LogP contribution in [0.25, 0.3) is 10.8 Å². The molecule has 32 heavy (non-hydrogen) atoms. The molecule has 0 aromatic heterocycles. The molecule has 3 aromatic rings. The molecule has 2 heterocycles. The van der Waals surface area contributed by atoms with Gasteiger partial charge in [0.25, 0.3) is 0 Å². The fourth-order valence-corrected chi connectivity index (χ4v) is 5.11. The van der Waals surface area contributed by atoms with Gasteiger partial charge in [0.15, 0.2) is 6.29 Å². The number of carbonyl (C=O) groups excluding carboxylic acids is 1. The molecule has 0 spiro atoms. The van der Waals surface area contributed by atoms with Gasteiger partial charge in [-0.2, -0.15) is 0 Å². The van der Waals surface area contributed by atoms with Gasteiger partial charge in [-0.3, -0.25) is 4.79 Å². The first kappa shape index (κ1) is 21.2. The largest absolute Gasteiger partial charge is 0.353 e. The zero-order valence-corrected chi connectivity index (χ0v) is 18.5. The molecule has 0 saturated carbocycles. The Kier molecular flexibility index (Phi) is 6.24. The molecule has 5 rings (SSSR count). The maximum atomic E-state index is 13.2. The molecule has 0 radical (unpaired) electrons. The summed E-state index contributed by atoms with van der Waals surface area (Å²) in [4.78, 5) is 15.2. The molecule has 2 atom stereocenters. The van der Waals surface area contributed by atoms with Crippen molar-refractivity contribution in [1.29, 1.82) is 0 Å². The SMILES string of the molecule is O=C1CC(CCOC2CCCCO2)(c2ccc3ccccc3c2)CN1Cc1ccccc1. The zero-order chi connectivity index (χ0) is 21.8. The van der Waals surface area contributed by atoms with Crippen LogP contribution in [0.15, 0.2) is 72.8 Å². The molecular formula is C28H31NO3. The number of rotatable bonds is 7. The maximum Gasteiger partial charge on any atom is 0.223 e. The van der Waals surface area contributed by atoms with Crippen LogP contribution in [-0.2, 0) is 26.2 Å². The molecule has 2 unspecified atom stereocenters. The number of carbonyl (C=O) groups is 1. The van der Waals surface area contributed by atoms with Crippen molar-refractivity contribution >= 4 is 16.7 Å². The van der Waals surface area contributed by atoms with E-state index in [2.05, 4.69) is 54.6 Å². The summed E-state index contributed by atoms with van der Waals surface area (Å²) in [7, 11) is 0. The zero-order valence-electron chi connectivity index (χ0n) is 18.5. The van der Waals surface area contributed by atoms with Crippen LogP contribution in [0, 0.1) is 0 Å². The van der Waals surface area contributed by atoms with E-state index in [0.29, 0.717) is 26.1 Å². The smallest absolute Gasteiger partial charge is 0.223 e. The summed E-state index contributed by atoms with van der Waals surface area (Å²) in [5.74, 6) is 0.218. The average molecular weight is 430 g/mol. The first-order valence-electron chi connectivity index (χ1n) is 11.8. The van der Waals surface area contributed by atoms with E-state index in [9.17, 15) is 4.79 Å². The standard InChI is InChI=1S/C28H31NO3/c30-26-19-28(15-17-32-27-12-6-7-16-31-27,21-29(26)20-22-8-2-1-3-9-22)25-14-13-23-10-4-5-11-24(23)18-25/h1-5,8-11,13-14,18,27H,6-7,12,15-17,19-21H2. The predicted octanol–water partition coefficient (Wildman–Crippen LogP) is 5.44. The molecular weight excluding hydrogens is 398 g/mol. The minimum absolute atomic E-state index is 0.102. The Morgan fingerprint density at radius 1 is 0.969 bits per heavy atom. The lowest BCUT2D eigenvalue weighted by Gasteiger charge is -2.31. The highest BCUT2D eigenvalue weighted by molar-refractivity contribution is 5.85. The third kappa shape index (κ3) is 4.57. The van der Waals surface area contributed by atoms with E-state index >= 15 is 0 Å². The monoisotopic (exact) mass is 429 g/mol. The second kappa shape index (κ2) is 9.43. The third-order valence-corrected chi connectivity index (χ3v) is 6.94. The number of hydrogen-bond acceptors (Lipinski definition) is 3. The van der Waals surface area contributed by atoms with Crippen molar-refractivity contribution < 1.29 is 14.3 Å². The van der Waals surface area contributed by atoms with Crippen molar-refractivity contribution in [3.05, 3.63) is 83.9 Å².